The van der Waals surface area contributed by atoms with E-state index in [0.717, 1.165) is 0 Å². The molecule has 2 aliphatic rings. The molecule has 38 heavy (non-hydrogen) atoms. The third kappa shape index (κ3) is 4.27. The summed E-state index contributed by atoms with van der Waals surface area (Å²) in [6.45, 7) is 7.01. The molecule has 0 aliphatic carbocycles. The molecule has 0 atom stereocenters. The van der Waals surface area contributed by atoms with Crippen LogP contribution in [0, 0.1) is 17.1 Å². The van der Waals surface area contributed by atoms with E-state index in [4.69, 9.17) is 21.1 Å². The standard InChI is InChI=1S/C27H26ClFN4O5/c1-27(2,3)38-26(36)32-9-7-31(8-10-32)22-15-13-17(28)20(21-18(29)5-4-6-19(21)34)24-23(15)33(11-12-37-24)25(35)16(22)14-30/h4-6,13,34H,7-12H2,1-3H3. The molecule has 0 radical (unpaired) electrons. The maximum Gasteiger partial charge on any atom is 0.410 e. The quantitative estimate of drug-likeness (QED) is 0.510. The Balaban J connectivity index is 1.66. The molecule has 2 aliphatic heterocycles. The minimum absolute atomic E-state index is 0.0476. The number of benzene rings is 2. The Morgan fingerprint density at radius 3 is 2.53 bits per heavy atom. The second kappa shape index (κ2) is 9.40. The second-order valence-corrected chi connectivity index (χ2v) is 10.6. The highest BCUT2D eigenvalue weighted by atomic mass is 35.5. The van der Waals surface area contributed by atoms with Gasteiger partial charge in [-0.15, -0.1) is 0 Å². The molecule has 1 aromatic heterocycles. The normalized spacial score (nSPS) is 15.3. The zero-order valence-corrected chi connectivity index (χ0v) is 21.9. The Bertz CT molecular complexity index is 1550. The third-order valence-corrected chi connectivity index (χ3v) is 6.89. The Morgan fingerprint density at radius 1 is 1.18 bits per heavy atom. The molecular weight excluding hydrogens is 515 g/mol. The monoisotopic (exact) mass is 540 g/mol. The summed E-state index contributed by atoms with van der Waals surface area (Å²) in [7, 11) is 0. The second-order valence-electron chi connectivity index (χ2n) is 10.2. The van der Waals surface area contributed by atoms with Crippen LogP contribution >= 0.6 is 11.6 Å². The summed E-state index contributed by atoms with van der Waals surface area (Å²) in [6, 6.07) is 7.55. The minimum Gasteiger partial charge on any atom is -0.507 e. The van der Waals surface area contributed by atoms with Gasteiger partial charge < -0.3 is 28.9 Å². The number of hydrogen-bond donors (Lipinski definition) is 1. The fourth-order valence-corrected chi connectivity index (χ4v) is 5.28. The molecule has 5 rings (SSSR count). The van der Waals surface area contributed by atoms with E-state index in [1.807, 2.05) is 4.90 Å². The van der Waals surface area contributed by atoms with Crippen LogP contribution in [0.25, 0.3) is 22.0 Å². The molecule has 0 bridgehead atoms. The molecule has 1 N–H and O–H groups in total. The van der Waals surface area contributed by atoms with E-state index < -0.39 is 23.1 Å². The average molecular weight is 541 g/mol. The van der Waals surface area contributed by atoms with Gasteiger partial charge in [0.2, 0.25) is 0 Å². The number of hydrogen-bond acceptors (Lipinski definition) is 7. The van der Waals surface area contributed by atoms with E-state index in [9.17, 15) is 24.3 Å². The molecule has 2 aromatic carbocycles. The number of halogens is 2. The molecule has 0 unspecified atom stereocenters. The fourth-order valence-electron chi connectivity index (χ4n) is 4.99. The lowest BCUT2D eigenvalue weighted by atomic mass is 9.97. The lowest BCUT2D eigenvalue weighted by Gasteiger charge is -2.38. The van der Waals surface area contributed by atoms with Crippen molar-refractivity contribution < 1.29 is 23.8 Å². The van der Waals surface area contributed by atoms with Crippen LogP contribution in [0.3, 0.4) is 0 Å². The van der Waals surface area contributed by atoms with Crippen LogP contribution in [-0.4, -0.2) is 59.1 Å². The Hall–Kier alpha value is -3.97. The molecule has 0 spiro atoms. The van der Waals surface area contributed by atoms with Gasteiger partial charge in [-0.05, 0) is 39.0 Å². The number of piperazine rings is 1. The molecular formula is C27H26ClFN4O5. The molecule has 9 nitrogen and oxygen atoms in total. The molecule has 0 saturated carbocycles. The van der Waals surface area contributed by atoms with E-state index in [1.165, 1.54) is 22.8 Å². The van der Waals surface area contributed by atoms with Gasteiger partial charge in [0.1, 0.15) is 35.4 Å². The highest BCUT2D eigenvalue weighted by molar-refractivity contribution is 6.35. The summed E-state index contributed by atoms with van der Waals surface area (Å²) in [5.74, 6) is -0.857. The molecule has 3 heterocycles. The van der Waals surface area contributed by atoms with E-state index >= 15 is 0 Å². The number of aromatic hydroxyl groups is 1. The van der Waals surface area contributed by atoms with Gasteiger partial charge in [-0.25, -0.2) is 9.18 Å². The number of pyridine rings is 1. The Kier molecular flexibility index (Phi) is 6.35. The van der Waals surface area contributed by atoms with Crippen molar-refractivity contribution in [2.45, 2.75) is 32.9 Å². The van der Waals surface area contributed by atoms with E-state index in [0.29, 0.717) is 42.8 Å². The van der Waals surface area contributed by atoms with Gasteiger partial charge in [0.25, 0.3) is 5.56 Å². The maximum absolute atomic E-state index is 14.9. The summed E-state index contributed by atoms with van der Waals surface area (Å²) in [6.07, 6.45) is -0.430. The molecule has 1 saturated heterocycles. The van der Waals surface area contributed by atoms with Crippen molar-refractivity contribution in [1.29, 1.82) is 5.26 Å². The van der Waals surface area contributed by atoms with Gasteiger partial charge in [-0.2, -0.15) is 5.26 Å². The van der Waals surface area contributed by atoms with Crippen LogP contribution in [0.1, 0.15) is 26.3 Å². The average Bonchev–Trinajstić information content (AvgIpc) is 2.86. The number of carbonyl (C=O) groups is 1. The first-order chi connectivity index (χ1) is 18.0. The van der Waals surface area contributed by atoms with Crippen molar-refractivity contribution >= 4 is 34.3 Å². The minimum atomic E-state index is -0.697. The Morgan fingerprint density at radius 2 is 1.89 bits per heavy atom. The highest BCUT2D eigenvalue weighted by Crippen LogP contribution is 2.49. The van der Waals surface area contributed by atoms with Gasteiger partial charge >= 0.3 is 6.09 Å². The van der Waals surface area contributed by atoms with Crippen molar-refractivity contribution in [2.24, 2.45) is 0 Å². The summed E-state index contributed by atoms with van der Waals surface area (Å²) < 4.78 is 27.7. The number of anilines is 1. The number of nitriles is 1. The van der Waals surface area contributed by atoms with Crippen molar-refractivity contribution in [3.63, 3.8) is 0 Å². The van der Waals surface area contributed by atoms with Crippen LogP contribution in [0.4, 0.5) is 14.9 Å². The van der Waals surface area contributed by atoms with Crippen molar-refractivity contribution in [3.05, 3.63) is 51.0 Å². The van der Waals surface area contributed by atoms with Gasteiger partial charge in [0.05, 0.1) is 33.9 Å². The topological polar surface area (TPSA) is 108 Å². The number of carbonyl (C=O) groups excluding carboxylic acids is 1. The highest BCUT2D eigenvalue weighted by Gasteiger charge is 2.33. The zero-order valence-electron chi connectivity index (χ0n) is 21.2. The van der Waals surface area contributed by atoms with E-state index in [1.54, 1.807) is 31.7 Å². The van der Waals surface area contributed by atoms with Crippen LogP contribution in [0.15, 0.2) is 29.1 Å². The maximum atomic E-state index is 14.9. The fraction of sp³-hybridized carbons (Fsp3) is 0.370. The summed E-state index contributed by atoms with van der Waals surface area (Å²) in [4.78, 5) is 29.5. The number of amides is 1. The van der Waals surface area contributed by atoms with Crippen LogP contribution in [0.5, 0.6) is 11.5 Å². The van der Waals surface area contributed by atoms with Gasteiger partial charge in [0.15, 0.2) is 5.75 Å². The molecule has 1 amide bonds. The van der Waals surface area contributed by atoms with E-state index in [-0.39, 0.29) is 46.4 Å². The number of nitrogens with zero attached hydrogens (tertiary/aromatic N) is 4. The number of phenolic OH excluding ortho intramolecular Hbond substituents is 1. The lowest BCUT2D eigenvalue weighted by Crippen LogP contribution is -2.50. The molecule has 11 heteroatoms. The van der Waals surface area contributed by atoms with Crippen molar-refractivity contribution in [3.8, 4) is 28.7 Å². The van der Waals surface area contributed by atoms with Crippen LogP contribution < -0.4 is 15.2 Å². The largest absolute Gasteiger partial charge is 0.507 e. The first kappa shape index (κ1) is 25.7. The van der Waals surface area contributed by atoms with Gasteiger partial charge in [-0.1, -0.05) is 17.7 Å². The number of rotatable bonds is 2. The predicted octanol–water partition coefficient (Wildman–Crippen LogP) is 4.49. The van der Waals surface area contributed by atoms with Crippen molar-refractivity contribution in [2.75, 3.05) is 37.7 Å². The summed E-state index contributed by atoms with van der Waals surface area (Å²) >= 11 is 6.70. The third-order valence-electron chi connectivity index (χ3n) is 6.59. The summed E-state index contributed by atoms with van der Waals surface area (Å²) in [5, 5.41) is 21.1. The first-order valence-electron chi connectivity index (χ1n) is 12.2. The summed E-state index contributed by atoms with van der Waals surface area (Å²) in [5.41, 5.74) is -0.430. The van der Waals surface area contributed by atoms with E-state index in [2.05, 4.69) is 6.07 Å². The molecule has 198 valence electrons. The lowest BCUT2D eigenvalue weighted by molar-refractivity contribution is 0.0240. The van der Waals surface area contributed by atoms with Gasteiger partial charge in [0, 0.05) is 31.6 Å². The van der Waals surface area contributed by atoms with Crippen LogP contribution in [-0.2, 0) is 11.3 Å². The van der Waals surface area contributed by atoms with Crippen molar-refractivity contribution in [1.82, 2.24) is 9.47 Å². The number of phenols is 1. The first-order valence-corrected chi connectivity index (χ1v) is 12.6. The SMILES string of the molecule is CC(C)(C)OC(=O)N1CCN(c2c(C#N)c(=O)n3c4c(c(-c5c(O)cccc5F)c(Cl)cc24)OCC3)CC1. The Labute approximate surface area is 223 Å². The molecule has 1 fully saturated rings. The van der Waals surface area contributed by atoms with Crippen LogP contribution in [0.2, 0.25) is 5.02 Å². The predicted molar refractivity (Wildman–Crippen MR) is 141 cm³/mol. The van der Waals surface area contributed by atoms with Gasteiger partial charge in [-0.3, -0.25) is 4.79 Å². The number of aromatic nitrogens is 1. The zero-order chi connectivity index (χ0) is 27.4. The number of ether oxygens (including phenoxy) is 2. The smallest absolute Gasteiger partial charge is 0.410 e. The molecule has 3 aromatic rings.